The van der Waals surface area contributed by atoms with Crippen molar-refractivity contribution in [1.29, 1.82) is 0 Å². The fourth-order valence-electron chi connectivity index (χ4n) is 10.8. The first kappa shape index (κ1) is 34.2. The van der Waals surface area contributed by atoms with Crippen molar-refractivity contribution >= 4 is 56.1 Å². The van der Waals surface area contributed by atoms with Gasteiger partial charge in [-0.05, 0) is 164 Å². The molecule has 11 rings (SSSR count). The van der Waals surface area contributed by atoms with Gasteiger partial charge in [-0.2, -0.15) is 0 Å². The van der Waals surface area contributed by atoms with Crippen LogP contribution >= 0.6 is 0 Å². The van der Waals surface area contributed by atoms with Crippen molar-refractivity contribution in [2.45, 2.75) is 76.0 Å². The molecule has 8 aromatic rings. The van der Waals surface area contributed by atoms with Crippen molar-refractivity contribution in [2.24, 2.45) is 0 Å². The molecule has 0 unspecified atom stereocenters. The van der Waals surface area contributed by atoms with E-state index in [1.54, 1.807) is 0 Å². The van der Waals surface area contributed by atoms with Crippen LogP contribution in [0.25, 0.3) is 21.9 Å². The van der Waals surface area contributed by atoms with Gasteiger partial charge in [0.2, 0.25) is 0 Å². The molecule has 7 aromatic carbocycles. The van der Waals surface area contributed by atoms with Gasteiger partial charge in [0.25, 0.3) is 0 Å². The quantitative estimate of drug-likeness (QED) is 0.162. The summed E-state index contributed by atoms with van der Waals surface area (Å²) in [4.78, 5) is 4.93. The molecule has 0 N–H and O–H groups in total. The van der Waals surface area contributed by atoms with Gasteiger partial charge in [0.1, 0.15) is 11.2 Å². The molecule has 1 fully saturated rings. The van der Waals surface area contributed by atoms with Crippen LogP contribution in [0.15, 0.2) is 162 Å². The molecule has 0 bridgehead atoms. The molecular weight excluding hydrogens is 693 g/mol. The number of anilines is 6. The molecule has 0 radical (unpaired) electrons. The molecule has 0 aliphatic heterocycles. The maximum Gasteiger partial charge on any atom is 0.135 e. The van der Waals surface area contributed by atoms with Crippen LogP contribution in [-0.4, -0.2) is 0 Å². The molecule has 1 spiro atoms. The van der Waals surface area contributed by atoms with E-state index in [0.29, 0.717) is 5.92 Å². The average molecular weight is 741 g/mol. The van der Waals surface area contributed by atoms with Crippen molar-refractivity contribution in [3.05, 3.63) is 191 Å². The number of hydrogen-bond donors (Lipinski definition) is 0. The number of fused-ring (bicyclic) bond motifs is 7. The van der Waals surface area contributed by atoms with Crippen molar-refractivity contribution in [1.82, 2.24) is 0 Å². The van der Waals surface area contributed by atoms with E-state index in [9.17, 15) is 0 Å². The van der Waals surface area contributed by atoms with Gasteiger partial charge in [-0.15, -0.1) is 0 Å². The maximum absolute atomic E-state index is 6.38. The monoisotopic (exact) mass is 740 g/mol. The molecular formula is C54H48N2O. The lowest BCUT2D eigenvalue weighted by atomic mass is 9.76. The molecule has 3 nitrogen and oxygen atoms in total. The van der Waals surface area contributed by atoms with Gasteiger partial charge >= 0.3 is 0 Å². The minimum Gasteiger partial charge on any atom is -0.456 e. The van der Waals surface area contributed by atoms with Gasteiger partial charge in [0.15, 0.2) is 0 Å². The van der Waals surface area contributed by atoms with Gasteiger partial charge in [-0.25, -0.2) is 0 Å². The van der Waals surface area contributed by atoms with E-state index in [-0.39, 0.29) is 5.41 Å². The predicted molar refractivity (Wildman–Crippen MR) is 238 cm³/mol. The Balaban J connectivity index is 1.05. The molecule has 1 saturated carbocycles. The van der Waals surface area contributed by atoms with Gasteiger partial charge in [0, 0.05) is 50.3 Å². The molecule has 57 heavy (non-hydrogen) atoms. The molecule has 1 aromatic heterocycles. The Morgan fingerprint density at radius 3 is 1.72 bits per heavy atom. The second kappa shape index (κ2) is 13.8. The van der Waals surface area contributed by atoms with Gasteiger partial charge in [-0.3, -0.25) is 0 Å². The minimum atomic E-state index is -0.0218. The molecule has 1 atom stereocenters. The molecule has 3 heteroatoms. The van der Waals surface area contributed by atoms with Crippen LogP contribution in [0.1, 0.15) is 84.2 Å². The van der Waals surface area contributed by atoms with Gasteiger partial charge in [0.05, 0.1) is 0 Å². The second-order valence-electron chi connectivity index (χ2n) is 16.7. The zero-order valence-corrected chi connectivity index (χ0v) is 32.8. The lowest BCUT2D eigenvalue weighted by molar-refractivity contribution is 0.443. The van der Waals surface area contributed by atoms with E-state index in [4.69, 9.17) is 4.42 Å². The fraction of sp³-hybridized carbons (Fsp3) is 0.222. The summed E-state index contributed by atoms with van der Waals surface area (Å²) in [6, 6.07) is 58.8. The predicted octanol–water partition coefficient (Wildman–Crippen LogP) is 15.1. The zero-order valence-electron chi connectivity index (χ0n) is 32.8. The number of nitrogens with zero attached hydrogens (tertiary/aromatic N) is 2. The summed E-state index contributed by atoms with van der Waals surface area (Å²) in [6.45, 7) is 2.28. The summed E-state index contributed by atoms with van der Waals surface area (Å²) in [5.74, 6) is 0.670. The Labute approximate surface area is 336 Å². The zero-order chi connectivity index (χ0) is 37.9. The summed E-state index contributed by atoms with van der Waals surface area (Å²) in [6.07, 6.45) is 11.1. The van der Waals surface area contributed by atoms with E-state index in [0.717, 1.165) is 36.8 Å². The number of hydrogen-bond acceptors (Lipinski definition) is 3. The van der Waals surface area contributed by atoms with Crippen molar-refractivity contribution < 1.29 is 4.42 Å². The normalized spacial score (nSPS) is 17.6. The van der Waals surface area contributed by atoms with Crippen LogP contribution in [0.5, 0.6) is 0 Å². The topological polar surface area (TPSA) is 19.6 Å². The molecule has 3 aliphatic rings. The molecule has 1 heterocycles. The van der Waals surface area contributed by atoms with Crippen LogP contribution in [-0.2, 0) is 18.3 Å². The highest BCUT2D eigenvalue weighted by molar-refractivity contribution is 6.09. The number of para-hydroxylation sites is 3. The Morgan fingerprint density at radius 2 is 1.07 bits per heavy atom. The standard InChI is InChI=1S/C54H48N2O/c1-37-50(29-30-52-53(37)47-19-11-12-20-51(47)57-52)56(44-25-21-39(22-26-44)38-13-5-2-6-14-38)46-28-24-41-32-34-54(49(41)36-46)33-31-40-23-27-45(35-48(40)54)55(42-15-7-3-8-16-42)43-17-9-4-10-18-43/h3-4,7-12,15-30,35-36,38H,2,5-6,13-14,31-34H2,1H3/t54-/m1/s1. The van der Waals surface area contributed by atoms with E-state index >= 15 is 0 Å². The average Bonchev–Trinajstić information content (AvgIpc) is 3.97. The fourth-order valence-corrected chi connectivity index (χ4v) is 10.8. The van der Waals surface area contributed by atoms with Gasteiger partial charge < -0.3 is 14.2 Å². The summed E-state index contributed by atoms with van der Waals surface area (Å²) < 4.78 is 6.38. The largest absolute Gasteiger partial charge is 0.456 e. The Morgan fingerprint density at radius 1 is 0.509 bits per heavy atom. The number of aryl methyl sites for hydroxylation is 3. The first-order valence-electron chi connectivity index (χ1n) is 21.1. The first-order chi connectivity index (χ1) is 28.1. The second-order valence-corrected chi connectivity index (χ2v) is 16.7. The van der Waals surface area contributed by atoms with Crippen LogP contribution in [0, 0.1) is 6.92 Å². The highest BCUT2D eigenvalue weighted by Gasteiger charge is 2.45. The summed E-state index contributed by atoms with van der Waals surface area (Å²) in [5, 5.41) is 2.37. The SMILES string of the molecule is Cc1c(N(c2ccc(C3CCCCC3)cc2)c2ccc3c(c2)[C@]2(CCc4ccc(N(c5ccccc5)c5ccccc5)cc42)CC3)ccc2oc3ccccc3c12. The van der Waals surface area contributed by atoms with E-state index in [1.165, 1.54) is 110 Å². The molecule has 280 valence electrons. The number of furan rings is 1. The third kappa shape index (κ3) is 5.70. The van der Waals surface area contributed by atoms with Gasteiger partial charge in [-0.1, -0.05) is 98.1 Å². The third-order valence-corrected chi connectivity index (χ3v) is 13.6. The van der Waals surface area contributed by atoms with Crippen molar-refractivity contribution in [3.8, 4) is 0 Å². The maximum atomic E-state index is 6.38. The summed E-state index contributed by atoms with van der Waals surface area (Å²) in [5.41, 5.74) is 17.7. The highest BCUT2D eigenvalue weighted by atomic mass is 16.3. The third-order valence-electron chi connectivity index (χ3n) is 13.6. The van der Waals surface area contributed by atoms with E-state index in [2.05, 4.69) is 174 Å². The molecule has 0 saturated heterocycles. The van der Waals surface area contributed by atoms with E-state index in [1.807, 2.05) is 0 Å². The summed E-state index contributed by atoms with van der Waals surface area (Å²) in [7, 11) is 0. The van der Waals surface area contributed by atoms with Crippen LogP contribution in [0.4, 0.5) is 34.1 Å². The van der Waals surface area contributed by atoms with E-state index < -0.39 is 0 Å². The Kier molecular flexibility index (Phi) is 8.31. The molecule has 3 aliphatic carbocycles. The smallest absolute Gasteiger partial charge is 0.135 e. The highest BCUT2D eigenvalue weighted by Crippen LogP contribution is 2.55. The summed E-state index contributed by atoms with van der Waals surface area (Å²) >= 11 is 0. The number of benzene rings is 7. The van der Waals surface area contributed by atoms with Crippen LogP contribution in [0.3, 0.4) is 0 Å². The Bertz CT molecular complexity index is 2700. The van der Waals surface area contributed by atoms with Crippen molar-refractivity contribution in [2.75, 3.05) is 9.80 Å². The van der Waals surface area contributed by atoms with Crippen molar-refractivity contribution in [3.63, 3.8) is 0 Å². The minimum absolute atomic E-state index is 0.0218. The van der Waals surface area contributed by atoms with Crippen LogP contribution in [0.2, 0.25) is 0 Å². The Hall–Kier alpha value is -6.06. The first-order valence-corrected chi connectivity index (χ1v) is 21.1. The van der Waals surface area contributed by atoms with Crippen LogP contribution < -0.4 is 9.80 Å². The number of rotatable bonds is 7. The lowest BCUT2D eigenvalue weighted by Gasteiger charge is -2.32. The lowest BCUT2D eigenvalue weighted by Crippen LogP contribution is -2.22. The molecule has 0 amide bonds.